The van der Waals surface area contributed by atoms with Crippen LogP contribution in [0.5, 0.6) is 0 Å². The van der Waals surface area contributed by atoms with Crippen LogP contribution in [0.4, 0.5) is 0 Å². The van der Waals surface area contributed by atoms with Gasteiger partial charge in [0.05, 0.1) is 0 Å². The van der Waals surface area contributed by atoms with Crippen LogP contribution in [0.15, 0.2) is 37.0 Å². The van der Waals surface area contributed by atoms with Gasteiger partial charge in [-0.2, -0.15) is 0 Å². The molecule has 0 aliphatic heterocycles. The second kappa shape index (κ2) is 6.71. The van der Waals surface area contributed by atoms with Crippen LogP contribution in [-0.2, 0) is 0 Å². The standard InChI is InChI=1S/C13H22/c1-6-9-11(4)12(5)13(8-3)10-7-2/h7-8,10-12H,2-3,6,9H2,1,4-5H3/b13-10+. The average molecular weight is 178 g/mol. The fourth-order valence-corrected chi connectivity index (χ4v) is 1.58. The van der Waals surface area contributed by atoms with Crippen molar-refractivity contribution in [3.05, 3.63) is 37.0 Å². The molecule has 0 rings (SSSR count). The fraction of sp³-hybridized carbons (Fsp3) is 0.538. The third-order valence-corrected chi connectivity index (χ3v) is 2.67. The van der Waals surface area contributed by atoms with Crippen LogP contribution in [0.3, 0.4) is 0 Å². The van der Waals surface area contributed by atoms with Crippen LogP contribution in [0.2, 0.25) is 0 Å². The van der Waals surface area contributed by atoms with E-state index in [9.17, 15) is 0 Å². The van der Waals surface area contributed by atoms with Gasteiger partial charge in [0, 0.05) is 0 Å². The molecule has 0 N–H and O–H groups in total. The highest BCUT2D eigenvalue weighted by Gasteiger charge is 2.12. The highest BCUT2D eigenvalue weighted by molar-refractivity contribution is 5.23. The number of hydrogen-bond acceptors (Lipinski definition) is 0. The molecule has 2 atom stereocenters. The quantitative estimate of drug-likeness (QED) is 0.530. The van der Waals surface area contributed by atoms with Crippen LogP contribution in [0.25, 0.3) is 0 Å². The zero-order valence-electron chi connectivity index (χ0n) is 9.22. The summed E-state index contributed by atoms with van der Waals surface area (Å²) >= 11 is 0. The third-order valence-electron chi connectivity index (χ3n) is 2.67. The summed E-state index contributed by atoms with van der Waals surface area (Å²) in [7, 11) is 0. The van der Waals surface area contributed by atoms with Gasteiger partial charge in [-0.25, -0.2) is 0 Å². The summed E-state index contributed by atoms with van der Waals surface area (Å²) in [6.07, 6.45) is 8.38. The molecular formula is C13H22. The number of hydrogen-bond donors (Lipinski definition) is 0. The van der Waals surface area contributed by atoms with E-state index in [4.69, 9.17) is 0 Å². The Balaban J connectivity index is 4.35. The summed E-state index contributed by atoms with van der Waals surface area (Å²) in [6, 6.07) is 0. The zero-order valence-corrected chi connectivity index (χ0v) is 9.22. The minimum atomic E-state index is 0.593. The van der Waals surface area contributed by atoms with Crippen LogP contribution >= 0.6 is 0 Å². The lowest BCUT2D eigenvalue weighted by molar-refractivity contribution is 0.412. The Hall–Kier alpha value is -0.780. The van der Waals surface area contributed by atoms with Gasteiger partial charge in [-0.15, -0.1) is 0 Å². The van der Waals surface area contributed by atoms with E-state index >= 15 is 0 Å². The highest BCUT2D eigenvalue weighted by Crippen LogP contribution is 2.24. The fourth-order valence-electron chi connectivity index (χ4n) is 1.58. The maximum Gasteiger partial charge on any atom is -0.0165 e. The van der Waals surface area contributed by atoms with Gasteiger partial charge in [0.25, 0.3) is 0 Å². The molecule has 0 heterocycles. The lowest BCUT2D eigenvalue weighted by atomic mass is 9.85. The van der Waals surface area contributed by atoms with Gasteiger partial charge in [-0.1, -0.05) is 65.0 Å². The summed E-state index contributed by atoms with van der Waals surface area (Å²) in [4.78, 5) is 0. The van der Waals surface area contributed by atoms with Crippen LogP contribution in [0, 0.1) is 11.8 Å². The Morgan fingerprint density at radius 1 is 1.31 bits per heavy atom. The molecule has 2 unspecified atom stereocenters. The third kappa shape index (κ3) is 4.12. The predicted octanol–water partition coefficient (Wildman–Crippen LogP) is 4.36. The molecule has 0 spiro atoms. The summed E-state index contributed by atoms with van der Waals surface area (Å²) in [5, 5.41) is 0. The van der Waals surface area contributed by atoms with E-state index in [0.717, 1.165) is 5.92 Å². The molecular weight excluding hydrogens is 156 g/mol. The molecule has 0 aromatic rings. The Morgan fingerprint density at radius 2 is 1.92 bits per heavy atom. The second-order valence-electron chi connectivity index (χ2n) is 3.66. The first-order valence-corrected chi connectivity index (χ1v) is 5.12. The Morgan fingerprint density at radius 3 is 2.31 bits per heavy atom. The van der Waals surface area contributed by atoms with Gasteiger partial charge in [0.15, 0.2) is 0 Å². The summed E-state index contributed by atoms with van der Waals surface area (Å²) < 4.78 is 0. The molecule has 0 amide bonds. The molecule has 13 heavy (non-hydrogen) atoms. The molecule has 0 aromatic carbocycles. The van der Waals surface area contributed by atoms with Crippen molar-refractivity contribution in [2.45, 2.75) is 33.6 Å². The van der Waals surface area contributed by atoms with Crippen molar-refractivity contribution < 1.29 is 0 Å². The molecule has 0 nitrogen and oxygen atoms in total. The summed E-state index contributed by atoms with van der Waals surface area (Å²) in [6.45, 7) is 14.3. The van der Waals surface area contributed by atoms with Gasteiger partial charge in [0.2, 0.25) is 0 Å². The lowest BCUT2D eigenvalue weighted by Gasteiger charge is -2.20. The predicted molar refractivity (Wildman–Crippen MR) is 61.7 cm³/mol. The maximum atomic E-state index is 3.83. The van der Waals surface area contributed by atoms with Gasteiger partial charge >= 0.3 is 0 Å². The van der Waals surface area contributed by atoms with Gasteiger partial charge in [-0.05, 0) is 17.4 Å². The van der Waals surface area contributed by atoms with E-state index in [1.807, 2.05) is 12.2 Å². The second-order valence-corrected chi connectivity index (χ2v) is 3.66. The molecule has 0 heteroatoms. The molecule has 0 aliphatic rings. The monoisotopic (exact) mass is 178 g/mol. The van der Waals surface area contributed by atoms with Gasteiger partial charge < -0.3 is 0 Å². The van der Waals surface area contributed by atoms with Crippen molar-refractivity contribution in [1.82, 2.24) is 0 Å². The molecule has 0 saturated heterocycles. The van der Waals surface area contributed by atoms with Gasteiger partial charge in [0.1, 0.15) is 0 Å². The first-order chi connectivity index (χ1) is 6.17. The molecule has 0 saturated carbocycles. The first kappa shape index (κ1) is 12.2. The normalized spacial score (nSPS) is 16.4. The van der Waals surface area contributed by atoms with E-state index in [2.05, 4.69) is 40.0 Å². The summed E-state index contributed by atoms with van der Waals surface area (Å²) in [5.74, 6) is 1.32. The molecule has 0 radical (unpaired) electrons. The van der Waals surface area contributed by atoms with Gasteiger partial charge in [-0.3, -0.25) is 0 Å². The van der Waals surface area contributed by atoms with Crippen LogP contribution in [-0.4, -0.2) is 0 Å². The van der Waals surface area contributed by atoms with Crippen molar-refractivity contribution in [1.29, 1.82) is 0 Å². The number of allylic oxidation sites excluding steroid dienone is 4. The topological polar surface area (TPSA) is 0 Å². The molecule has 0 aliphatic carbocycles. The smallest absolute Gasteiger partial charge is 0.0165 e. The van der Waals surface area contributed by atoms with Crippen LogP contribution in [0.1, 0.15) is 33.6 Å². The van der Waals surface area contributed by atoms with E-state index in [1.54, 1.807) is 0 Å². The minimum absolute atomic E-state index is 0.593. The largest absolute Gasteiger partial charge is 0.0991 e. The van der Waals surface area contributed by atoms with E-state index < -0.39 is 0 Å². The highest BCUT2D eigenvalue weighted by atomic mass is 14.2. The molecule has 0 fully saturated rings. The van der Waals surface area contributed by atoms with E-state index in [0.29, 0.717) is 5.92 Å². The van der Waals surface area contributed by atoms with Crippen molar-refractivity contribution in [2.75, 3.05) is 0 Å². The first-order valence-electron chi connectivity index (χ1n) is 5.12. The van der Waals surface area contributed by atoms with E-state index in [1.165, 1.54) is 18.4 Å². The Bertz CT molecular complexity index is 186. The Kier molecular flexibility index (Phi) is 6.30. The summed E-state index contributed by atoms with van der Waals surface area (Å²) in [5.41, 5.74) is 1.30. The number of rotatable bonds is 6. The molecule has 74 valence electrons. The zero-order chi connectivity index (χ0) is 10.3. The minimum Gasteiger partial charge on any atom is -0.0991 e. The van der Waals surface area contributed by atoms with Crippen molar-refractivity contribution in [3.63, 3.8) is 0 Å². The Labute approximate surface area is 83.0 Å². The maximum absolute atomic E-state index is 3.83. The molecule has 0 bridgehead atoms. The molecule has 0 aromatic heterocycles. The lowest BCUT2D eigenvalue weighted by Crippen LogP contribution is -2.09. The van der Waals surface area contributed by atoms with Crippen molar-refractivity contribution >= 4 is 0 Å². The van der Waals surface area contributed by atoms with Crippen molar-refractivity contribution in [3.8, 4) is 0 Å². The van der Waals surface area contributed by atoms with Crippen molar-refractivity contribution in [2.24, 2.45) is 11.8 Å². The van der Waals surface area contributed by atoms with E-state index in [-0.39, 0.29) is 0 Å². The van der Waals surface area contributed by atoms with Crippen LogP contribution < -0.4 is 0 Å². The SMILES string of the molecule is C=C/C=C(\C=C)C(C)C(C)CCC. The average Bonchev–Trinajstić information content (AvgIpc) is 2.13.